The van der Waals surface area contributed by atoms with Crippen molar-refractivity contribution in [1.82, 2.24) is 9.88 Å². The van der Waals surface area contributed by atoms with E-state index in [9.17, 15) is 0 Å². The lowest BCUT2D eigenvalue weighted by molar-refractivity contribution is 0.216. The molecule has 0 saturated carbocycles. The molecule has 5 heteroatoms. The Morgan fingerprint density at radius 2 is 2.05 bits per heavy atom. The fourth-order valence-corrected chi connectivity index (χ4v) is 2.61. The fraction of sp³-hybridized carbons (Fsp3) is 0.500. The predicted molar refractivity (Wildman–Crippen MR) is 74.4 cm³/mol. The molecule has 1 fully saturated rings. The molecule has 0 spiro atoms. The number of pyridine rings is 1. The van der Waals surface area contributed by atoms with Crippen molar-refractivity contribution in [3.05, 3.63) is 24.6 Å². The average molecular weight is 261 g/mol. The second-order valence-electron chi connectivity index (χ2n) is 4.87. The zero-order chi connectivity index (χ0) is 13.1. The van der Waals surface area contributed by atoms with Crippen LogP contribution in [0.5, 0.6) is 0 Å². The molecule has 0 radical (unpaired) electrons. The summed E-state index contributed by atoms with van der Waals surface area (Å²) in [6, 6.07) is 3.88. The minimum Gasteiger partial charge on any atom is -0.464 e. The van der Waals surface area contributed by atoms with E-state index < -0.39 is 0 Å². The van der Waals surface area contributed by atoms with Gasteiger partial charge in [-0.25, -0.2) is 4.98 Å². The zero-order valence-corrected chi connectivity index (χ0v) is 11.0. The largest absolute Gasteiger partial charge is 0.464 e. The van der Waals surface area contributed by atoms with Crippen LogP contribution >= 0.6 is 0 Å². The SMILES string of the molecule is OCCCN1CCN(c2nccc3occc23)CC1. The highest BCUT2D eigenvalue weighted by molar-refractivity contribution is 5.88. The number of piperazine rings is 1. The number of aliphatic hydroxyl groups excluding tert-OH is 1. The minimum atomic E-state index is 0.274. The first-order valence-electron chi connectivity index (χ1n) is 6.79. The molecule has 5 nitrogen and oxygen atoms in total. The molecule has 0 aromatic carbocycles. The Labute approximate surface area is 112 Å². The monoisotopic (exact) mass is 261 g/mol. The summed E-state index contributed by atoms with van der Waals surface area (Å²) in [5, 5.41) is 9.95. The van der Waals surface area contributed by atoms with Gasteiger partial charge in [0.1, 0.15) is 11.4 Å². The van der Waals surface area contributed by atoms with Crippen LogP contribution < -0.4 is 4.90 Å². The molecule has 0 unspecified atom stereocenters. The van der Waals surface area contributed by atoms with Gasteiger partial charge in [0, 0.05) is 45.5 Å². The number of furan rings is 1. The van der Waals surface area contributed by atoms with Crippen molar-refractivity contribution >= 4 is 16.8 Å². The van der Waals surface area contributed by atoms with Crippen LogP contribution in [0.1, 0.15) is 6.42 Å². The number of anilines is 1. The van der Waals surface area contributed by atoms with Crippen LogP contribution in [0.2, 0.25) is 0 Å². The van der Waals surface area contributed by atoms with E-state index in [2.05, 4.69) is 14.8 Å². The number of aliphatic hydroxyl groups is 1. The lowest BCUT2D eigenvalue weighted by atomic mass is 10.2. The molecule has 0 amide bonds. The van der Waals surface area contributed by atoms with Gasteiger partial charge in [0.15, 0.2) is 0 Å². The molecule has 19 heavy (non-hydrogen) atoms. The molecule has 2 aromatic heterocycles. The van der Waals surface area contributed by atoms with E-state index in [1.54, 1.807) is 12.5 Å². The summed E-state index contributed by atoms with van der Waals surface area (Å²) in [5.74, 6) is 1.02. The van der Waals surface area contributed by atoms with Crippen molar-refractivity contribution in [3.8, 4) is 0 Å². The van der Waals surface area contributed by atoms with Gasteiger partial charge in [-0.1, -0.05) is 0 Å². The first kappa shape index (κ1) is 12.4. The maximum Gasteiger partial charge on any atom is 0.139 e. The topological polar surface area (TPSA) is 52.7 Å². The summed E-state index contributed by atoms with van der Waals surface area (Å²) < 4.78 is 5.42. The van der Waals surface area contributed by atoms with E-state index in [1.165, 1.54) is 0 Å². The second kappa shape index (κ2) is 5.59. The Hall–Kier alpha value is -1.59. The van der Waals surface area contributed by atoms with Crippen molar-refractivity contribution in [2.24, 2.45) is 0 Å². The number of hydrogen-bond donors (Lipinski definition) is 1. The Bertz CT molecular complexity index is 532. The number of hydrogen-bond acceptors (Lipinski definition) is 5. The molecule has 1 N–H and O–H groups in total. The molecule has 3 rings (SSSR count). The molecule has 0 atom stereocenters. The second-order valence-corrected chi connectivity index (χ2v) is 4.87. The van der Waals surface area contributed by atoms with Crippen LogP contribution in [0.3, 0.4) is 0 Å². The van der Waals surface area contributed by atoms with E-state index >= 15 is 0 Å². The van der Waals surface area contributed by atoms with E-state index in [1.807, 2.05) is 12.1 Å². The molecule has 0 aliphatic carbocycles. The molecule has 102 valence electrons. The van der Waals surface area contributed by atoms with Gasteiger partial charge in [-0.2, -0.15) is 0 Å². The van der Waals surface area contributed by atoms with Crippen LogP contribution in [0.25, 0.3) is 11.0 Å². The Morgan fingerprint density at radius 3 is 2.84 bits per heavy atom. The first-order valence-corrected chi connectivity index (χ1v) is 6.79. The van der Waals surface area contributed by atoms with Gasteiger partial charge < -0.3 is 14.4 Å². The molecule has 1 aliphatic heterocycles. The summed E-state index contributed by atoms with van der Waals surface area (Å²) in [4.78, 5) is 9.20. The molecular formula is C14H19N3O2. The van der Waals surface area contributed by atoms with Gasteiger partial charge >= 0.3 is 0 Å². The summed E-state index contributed by atoms with van der Waals surface area (Å²) in [7, 11) is 0. The van der Waals surface area contributed by atoms with Crippen molar-refractivity contribution < 1.29 is 9.52 Å². The highest BCUT2D eigenvalue weighted by Gasteiger charge is 2.19. The Morgan fingerprint density at radius 1 is 1.21 bits per heavy atom. The quantitative estimate of drug-likeness (QED) is 0.900. The number of fused-ring (bicyclic) bond motifs is 1. The van der Waals surface area contributed by atoms with Gasteiger partial charge in [0.05, 0.1) is 11.6 Å². The highest BCUT2D eigenvalue weighted by atomic mass is 16.3. The molecule has 2 aromatic rings. The van der Waals surface area contributed by atoms with Crippen LogP contribution in [0, 0.1) is 0 Å². The van der Waals surface area contributed by atoms with Crippen LogP contribution in [0.4, 0.5) is 5.82 Å². The van der Waals surface area contributed by atoms with Gasteiger partial charge in [-0.3, -0.25) is 4.90 Å². The zero-order valence-electron chi connectivity index (χ0n) is 11.0. The maximum atomic E-state index is 8.86. The predicted octanol–water partition coefficient (Wildman–Crippen LogP) is 1.33. The summed E-state index contributed by atoms with van der Waals surface area (Å²) in [5.41, 5.74) is 0.896. The molecular weight excluding hydrogens is 242 g/mol. The fourth-order valence-electron chi connectivity index (χ4n) is 2.61. The molecule has 1 aliphatic rings. The maximum absolute atomic E-state index is 8.86. The summed E-state index contributed by atoms with van der Waals surface area (Å²) >= 11 is 0. The Kier molecular flexibility index (Phi) is 3.66. The van der Waals surface area contributed by atoms with Crippen molar-refractivity contribution in [3.63, 3.8) is 0 Å². The van der Waals surface area contributed by atoms with E-state index in [4.69, 9.17) is 9.52 Å². The lowest BCUT2D eigenvalue weighted by Gasteiger charge is -2.35. The summed E-state index contributed by atoms with van der Waals surface area (Å²) in [6.45, 7) is 5.25. The van der Waals surface area contributed by atoms with Crippen molar-refractivity contribution in [1.29, 1.82) is 0 Å². The van der Waals surface area contributed by atoms with Gasteiger partial charge in [0.2, 0.25) is 0 Å². The highest BCUT2D eigenvalue weighted by Crippen LogP contribution is 2.25. The van der Waals surface area contributed by atoms with E-state index in [0.29, 0.717) is 0 Å². The Balaban J connectivity index is 1.69. The van der Waals surface area contributed by atoms with Crippen molar-refractivity contribution in [2.75, 3.05) is 44.2 Å². The third-order valence-corrected chi connectivity index (χ3v) is 3.66. The summed E-state index contributed by atoms with van der Waals surface area (Å²) in [6.07, 6.45) is 4.38. The molecule has 3 heterocycles. The normalized spacial score (nSPS) is 17.2. The van der Waals surface area contributed by atoms with E-state index in [-0.39, 0.29) is 6.61 Å². The van der Waals surface area contributed by atoms with Gasteiger partial charge in [-0.15, -0.1) is 0 Å². The number of nitrogens with zero attached hydrogens (tertiary/aromatic N) is 3. The minimum absolute atomic E-state index is 0.274. The van der Waals surface area contributed by atoms with Gasteiger partial charge in [-0.05, 0) is 18.6 Å². The van der Waals surface area contributed by atoms with Crippen LogP contribution in [0.15, 0.2) is 29.0 Å². The van der Waals surface area contributed by atoms with Crippen LogP contribution in [-0.2, 0) is 0 Å². The standard InChI is InChI=1S/C14H19N3O2/c18-10-1-5-16-6-8-17(9-7-16)14-12-3-11-19-13(12)2-4-15-14/h2-4,11,18H,1,5-10H2. The van der Waals surface area contributed by atoms with Crippen molar-refractivity contribution in [2.45, 2.75) is 6.42 Å². The average Bonchev–Trinajstić information content (AvgIpc) is 2.94. The van der Waals surface area contributed by atoms with E-state index in [0.717, 1.165) is 55.9 Å². The van der Waals surface area contributed by atoms with Crippen LogP contribution in [-0.4, -0.2) is 54.3 Å². The van der Waals surface area contributed by atoms with Gasteiger partial charge in [0.25, 0.3) is 0 Å². The molecule has 0 bridgehead atoms. The smallest absolute Gasteiger partial charge is 0.139 e. The number of aromatic nitrogens is 1. The third-order valence-electron chi connectivity index (χ3n) is 3.66. The first-order chi connectivity index (χ1) is 9.38. The lowest BCUT2D eigenvalue weighted by Crippen LogP contribution is -2.47. The number of rotatable bonds is 4. The third kappa shape index (κ3) is 2.57. The molecule has 1 saturated heterocycles.